The Hall–Kier alpha value is -2.83. The molecule has 22 heavy (non-hydrogen) atoms. The van der Waals surface area contributed by atoms with Crippen molar-refractivity contribution in [1.82, 2.24) is 15.3 Å². The lowest BCUT2D eigenvalue weighted by molar-refractivity contribution is 0.0946. The molecule has 0 saturated carbocycles. The summed E-state index contributed by atoms with van der Waals surface area (Å²) in [6.07, 6.45) is 1.42. The minimum Gasteiger partial charge on any atom is -0.382 e. The SMILES string of the molecule is C=C(C)c1cnc(N)c(C(=O)NCc2ccc(F)c(F)c2)n1. The van der Waals surface area contributed by atoms with Crippen molar-refractivity contribution in [2.24, 2.45) is 0 Å². The summed E-state index contributed by atoms with van der Waals surface area (Å²) in [5.74, 6) is -2.50. The zero-order valence-corrected chi connectivity index (χ0v) is 11.9. The van der Waals surface area contributed by atoms with Crippen LogP contribution in [0.2, 0.25) is 0 Å². The van der Waals surface area contributed by atoms with Gasteiger partial charge in [-0.15, -0.1) is 0 Å². The van der Waals surface area contributed by atoms with E-state index < -0.39 is 17.5 Å². The number of carbonyl (C=O) groups excluding carboxylic acids is 1. The smallest absolute Gasteiger partial charge is 0.274 e. The Bertz CT molecular complexity index is 746. The summed E-state index contributed by atoms with van der Waals surface area (Å²) in [5, 5.41) is 2.53. The lowest BCUT2D eigenvalue weighted by Crippen LogP contribution is -2.25. The second-order valence-electron chi connectivity index (χ2n) is 4.70. The number of nitrogens with one attached hydrogen (secondary N) is 1. The standard InChI is InChI=1S/C15H14F2N4O/c1-8(2)12-7-19-14(18)13(21-12)15(22)20-6-9-3-4-10(16)11(17)5-9/h3-5,7H,1,6H2,2H3,(H2,18,19)(H,20,22). The molecule has 2 rings (SSSR count). The predicted molar refractivity (Wildman–Crippen MR) is 78.7 cm³/mol. The lowest BCUT2D eigenvalue weighted by Gasteiger charge is -2.08. The predicted octanol–water partition coefficient (Wildman–Crippen LogP) is 2.30. The minimum absolute atomic E-state index is 0.00839. The quantitative estimate of drug-likeness (QED) is 0.908. The number of amides is 1. The molecule has 0 atom stereocenters. The molecule has 0 aliphatic carbocycles. The molecule has 7 heteroatoms. The highest BCUT2D eigenvalue weighted by atomic mass is 19.2. The van der Waals surface area contributed by atoms with Crippen molar-refractivity contribution in [1.29, 1.82) is 0 Å². The van der Waals surface area contributed by atoms with Crippen LogP contribution in [0, 0.1) is 11.6 Å². The number of aromatic nitrogens is 2. The molecule has 2 aromatic rings. The maximum absolute atomic E-state index is 13.1. The van der Waals surface area contributed by atoms with Gasteiger partial charge in [0.05, 0.1) is 11.9 Å². The molecule has 0 radical (unpaired) electrons. The van der Waals surface area contributed by atoms with Crippen LogP contribution in [0.3, 0.4) is 0 Å². The molecular formula is C15H14F2N4O. The molecular weight excluding hydrogens is 290 g/mol. The molecule has 1 aromatic carbocycles. The van der Waals surface area contributed by atoms with Crippen LogP contribution < -0.4 is 11.1 Å². The second kappa shape index (κ2) is 6.30. The molecule has 3 N–H and O–H groups in total. The fourth-order valence-electron chi connectivity index (χ4n) is 1.69. The van der Waals surface area contributed by atoms with Crippen LogP contribution in [-0.4, -0.2) is 15.9 Å². The highest BCUT2D eigenvalue weighted by Crippen LogP contribution is 2.13. The molecule has 0 saturated heterocycles. The summed E-state index contributed by atoms with van der Waals surface area (Å²) >= 11 is 0. The first-order valence-electron chi connectivity index (χ1n) is 6.39. The topological polar surface area (TPSA) is 80.9 Å². The molecule has 0 fully saturated rings. The number of nitrogens with zero attached hydrogens (tertiary/aromatic N) is 2. The first-order valence-corrected chi connectivity index (χ1v) is 6.39. The summed E-state index contributed by atoms with van der Waals surface area (Å²) in [7, 11) is 0. The fourth-order valence-corrected chi connectivity index (χ4v) is 1.69. The van der Waals surface area contributed by atoms with E-state index in [9.17, 15) is 13.6 Å². The Labute approximate surface area is 125 Å². The molecule has 0 spiro atoms. The Morgan fingerprint density at radius 3 is 2.73 bits per heavy atom. The van der Waals surface area contributed by atoms with Crippen molar-refractivity contribution in [2.45, 2.75) is 13.5 Å². The van der Waals surface area contributed by atoms with E-state index in [0.29, 0.717) is 16.8 Å². The number of anilines is 1. The van der Waals surface area contributed by atoms with E-state index in [0.717, 1.165) is 12.1 Å². The van der Waals surface area contributed by atoms with Gasteiger partial charge >= 0.3 is 0 Å². The average Bonchev–Trinajstić information content (AvgIpc) is 2.48. The third kappa shape index (κ3) is 3.43. The zero-order chi connectivity index (χ0) is 16.3. The van der Waals surface area contributed by atoms with E-state index in [4.69, 9.17) is 5.73 Å². The van der Waals surface area contributed by atoms with Gasteiger partial charge in [0.1, 0.15) is 0 Å². The molecule has 5 nitrogen and oxygen atoms in total. The first kappa shape index (κ1) is 15.6. The van der Waals surface area contributed by atoms with Crippen LogP contribution in [0.4, 0.5) is 14.6 Å². The van der Waals surface area contributed by atoms with Crippen LogP contribution >= 0.6 is 0 Å². The normalized spacial score (nSPS) is 10.3. The number of carbonyl (C=O) groups is 1. The number of nitrogen functional groups attached to an aromatic ring is 1. The van der Waals surface area contributed by atoms with Crippen molar-refractivity contribution < 1.29 is 13.6 Å². The van der Waals surface area contributed by atoms with E-state index >= 15 is 0 Å². The molecule has 0 aliphatic rings. The van der Waals surface area contributed by atoms with Crippen LogP contribution in [-0.2, 0) is 6.54 Å². The van der Waals surface area contributed by atoms with Gasteiger partial charge in [0, 0.05) is 6.54 Å². The number of allylic oxidation sites excluding steroid dienone is 1. The molecule has 114 valence electrons. The lowest BCUT2D eigenvalue weighted by atomic mass is 10.2. The number of benzene rings is 1. The summed E-state index contributed by atoms with van der Waals surface area (Å²) in [4.78, 5) is 20.0. The molecule has 1 aromatic heterocycles. The summed E-state index contributed by atoms with van der Waals surface area (Å²) in [5.41, 5.74) is 7.09. The first-order chi connectivity index (χ1) is 10.4. The Morgan fingerprint density at radius 1 is 1.36 bits per heavy atom. The van der Waals surface area contributed by atoms with E-state index in [-0.39, 0.29) is 18.1 Å². The Kier molecular flexibility index (Phi) is 4.45. The van der Waals surface area contributed by atoms with Crippen LogP contribution in [0.25, 0.3) is 5.57 Å². The van der Waals surface area contributed by atoms with Crippen molar-refractivity contribution in [2.75, 3.05) is 5.73 Å². The van der Waals surface area contributed by atoms with E-state index in [1.54, 1.807) is 6.92 Å². The number of nitrogens with two attached hydrogens (primary N) is 1. The van der Waals surface area contributed by atoms with Gasteiger partial charge in [0.25, 0.3) is 5.91 Å². The summed E-state index contributed by atoms with van der Waals surface area (Å²) in [6.45, 7) is 5.45. The number of halogens is 2. The van der Waals surface area contributed by atoms with Crippen LogP contribution in [0.1, 0.15) is 28.7 Å². The third-order valence-electron chi connectivity index (χ3n) is 2.89. The van der Waals surface area contributed by atoms with Gasteiger partial charge in [0.2, 0.25) is 0 Å². The summed E-state index contributed by atoms with van der Waals surface area (Å²) < 4.78 is 25.9. The van der Waals surface area contributed by atoms with Crippen molar-refractivity contribution in [3.63, 3.8) is 0 Å². The monoisotopic (exact) mass is 304 g/mol. The zero-order valence-electron chi connectivity index (χ0n) is 11.9. The molecule has 1 heterocycles. The number of hydrogen-bond donors (Lipinski definition) is 2. The molecule has 0 bridgehead atoms. The number of hydrogen-bond acceptors (Lipinski definition) is 4. The molecule has 0 aliphatic heterocycles. The molecule has 1 amide bonds. The summed E-state index contributed by atoms with van der Waals surface area (Å²) in [6, 6.07) is 3.37. The van der Waals surface area contributed by atoms with Gasteiger partial charge in [0.15, 0.2) is 23.1 Å². The Morgan fingerprint density at radius 2 is 2.09 bits per heavy atom. The minimum atomic E-state index is -0.977. The van der Waals surface area contributed by atoms with Gasteiger partial charge in [-0.05, 0) is 30.2 Å². The third-order valence-corrected chi connectivity index (χ3v) is 2.89. The average molecular weight is 304 g/mol. The van der Waals surface area contributed by atoms with Crippen LogP contribution in [0.15, 0.2) is 31.0 Å². The van der Waals surface area contributed by atoms with E-state index in [2.05, 4.69) is 21.9 Å². The van der Waals surface area contributed by atoms with Crippen molar-refractivity contribution in [3.05, 3.63) is 59.6 Å². The van der Waals surface area contributed by atoms with Crippen LogP contribution in [0.5, 0.6) is 0 Å². The highest BCUT2D eigenvalue weighted by molar-refractivity contribution is 5.96. The van der Waals surface area contributed by atoms with Gasteiger partial charge in [-0.3, -0.25) is 4.79 Å². The van der Waals surface area contributed by atoms with Crippen molar-refractivity contribution in [3.8, 4) is 0 Å². The van der Waals surface area contributed by atoms with Gasteiger partial charge < -0.3 is 11.1 Å². The number of rotatable bonds is 4. The maximum Gasteiger partial charge on any atom is 0.274 e. The van der Waals surface area contributed by atoms with E-state index in [1.807, 2.05) is 0 Å². The molecule has 0 unspecified atom stereocenters. The van der Waals surface area contributed by atoms with Gasteiger partial charge in [-0.25, -0.2) is 18.7 Å². The highest BCUT2D eigenvalue weighted by Gasteiger charge is 2.14. The van der Waals surface area contributed by atoms with Crippen molar-refractivity contribution >= 4 is 17.3 Å². The van der Waals surface area contributed by atoms with E-state index in [1.165, 1.54) is 12.3 Å². The largest absolute Gasteiger partial charge is 0.382 e. The maximum atomic E-state index is 13.1. The van der Waals surface area contributed by atoms with Gasteiger partial charge in [-0.1, -0.05) is 12.6 Å². The second-order valence-corrected chi connectivity index (χ2v) is 4.70. The van der Waals surface area contributed by atoms with Gasteiger partial charge in [-0.2, -0.15) is 0 Å². The Balaban J connectivity index is 2.13. The fraction of sp³-hybridized carbons (Fsp3) is 0.133.